The van der Waals surface area contributed by atoms with E-state index >= 15 is 0 Å². The summed E-state index contributed by atoms with van der Waals surface area (Å²) in [5.41, 5.74) is 2.41. The van der Waals surface area contributed by atoms with Gasteiger partial charge in [-0.1, -0.05) is 42.8 Å². The highest BCUT2D eigenvalue weighted by molar-refractivity contribution is 5.79. The van der Waals surface area contributed by atoms with Crippen LogP contribution in [-0.4, -0.2) is 52.0 Å². The first-order valence-electron chi connectivity index (χ1n) is 10.8. The van der Waals surface area contributed by atoms with E-state index in [1.165, 1.54) is 12.0 Å². The van der Waals surface area contributed by atoms with Crippen molar-refractivity contribution in [1.82, 2.24) is 19.9 Å². The van der Waals surface area contributed by atoms with E-state index < -0.39 is 0 Å². The number of benzene rings is 1. The minimum Gasteiger partial charge on any atom is -0.342 e. The summed E-state index contributed by atoms with van der Waals surface area (Å²) in [6.07, 6.45) is 4.16. The molecule has 0 spiro atoms. The van der Waals surface area contributed by atoms with Gasteiger partial charge in [-0.25, -0.2) is 0 Å². The lowest BCUT2D eigenvalue weighted by Crippen LogP contribution is -2.48. The van der Waals surface area contributed by atoms with Gasteiger partial charge in [-0.2, -0.15) is 4.98 Å². The van der Waals surface area contributed by atoms with Crippen molar-refractivity contribution in [2.75, 3.05) is 26.2 Å². The molecule has 3 heterocycles. The van der Waals surface area contributed by atoms with E-state index in [9.17, 15) is 4.79 Å². The zero-order valence-electron chi connectivity index (χ0n) is 17.9. The highest BCUT2D eigenvalue weighted by atomic mass is 16.5. The number of likely N-dealkylation sites (tertiary alicyclic amines) is 2. The topological polar surface area (TPSA) is 62.5 Å². The molecule has 4 rings (SSSR count). The maximum atomic E-state index is 13.0. The van der Waals surface area contributed by atoms with Crippen molar-refractivity contribution in [3.05, 3.63) is 35.7 Å². The predicted molar refractivity (Wildman–Crippen MR) is 112 cm³/mol. The molecule has 2 aliphatic rings. The number of hydrogen-bond acceptors (Lipinski definition) is 5. The standard InChI is InChI=1S/C23H32N4O2/c1-17-6-4-7-19(14-17)21-24-20(29-25-21)15-26-12-8-18(9-13-26)22(28)27-11-5-10-23(2,3)16-27/h4,6-7,14,18H,5,8-13,15-16H2,1-3H3. The monoisotopic (exact) mass is 396 g/mol. The molecule has 2 saturated heterocycles. The van der Waals surface area contributed by atoms with Crippen LogP contribution in [0.2, 0.25) is 0 Å². The summed E-state index contributed by atoms with van der Waals surface area (Å²) >= 11 is 0. The van der Waals surface area contributed by atoms with Gasteiger partial charge in [0.15, 0.2) is 0 Å². The molecule has 0 N–H and O–H groups in total. The number of aromatic nitrogens is 2. The summed E-state index contributed by atoms with van der Waals surface area (Å²) in [5, 5.41) is 4.14. The van der Waals surface area contributed by atoms with Gasteiger partial charge < -0.3 is 9.42 Å². The molecule has 1 aromatic carbocycles. The van der Waals surface area contributed by atoms with Gasteiger partial charge in [-0.05, 0) is 57.2 Å². The number of carbonyl (C=O) groups excluding carboxylic acids is 1. The third kappa shape index (κ3) is 4.86. The zero-order chi connectivity index (χ0) is 20.4. The SMILES string of the molecule is Cc1cccc(-c2noc(CN3CCC(C(=O)N4CCCC(C)(C)C4)CC3)n2)c1. The molecule has 29 heavy (non-hydrogen) atoms. The Hall–Kier alpha value is -2.21. The number of hydrogen-bond donors (Lipinski definition) is 0. The molecule has 156 valence electrons. The van der Waals surface area contributed by atoms with Gasteiger partial charge in [0, 0.05) is 24.6 Å². The van der Waals surface area contributed by atoms with Crippen LogP contribution >= 0.6 is 0 Å². The summed E-state index contributed by atoms with van der Waals surface area (Å²) in [6, 6.07) is 8.13. The lowest BCUT2D eigenvalue weighted by molar-refractivity contribution is -0.140. The van der Waals surface area contributed by atoms with E-state index in [1.807, 2.05) is 12.1 Å². The minimum atomic E-state index is 0.158. The molecule has 0 bridgehead atoms. The minimum absolute atomic E-state index is 0.158. The number of piperidine rings is 2. The molecule has 2 aromatic rings. The van der Waals surface area contributed by atoms with Gasteiger partial charge in [0.25, 0.3) is 0 Å². The molecular formula is C23H32N4O2. The summed E-state index contributed by atoms with van der Waals surface area (Å²) < 4.78 is 5.48. The van der Waals surface area contributed by atoms with Crippen LogP contribution in [0, 0.1) is 18.3 Å². The van der Waals surface area contributed by atoms with Crippen LogP contribution in [0.3, 0.4) is 0 Å². The highest BCUT2D eigenvalue weighted by Crippen LogP contribution is 2.31. The summed E-state index contributed by atoms with van der Waals surface area (Å²) in [4.78, 5) is 21.9. The summed E-state index contributed by atoms with van der Waals surface area (Å²) in [5.74, 6) is 1.80. The van der Waals surface area contributed by atoms with Crippen molar-refractivity contribution in [3.8, 4) is 11.4 Å². The van der Waals surface area contributed by atoms with Crippen LogP contribution in [0.5, 0.6) is 0 Å². The molecule has 0 unspecified atom stereocenters. The maximum Gasteiger partial charge on any atom is 0.241 e. The third-order valence-corrected chi connectivity index (χ3v) is 6.25. The van der Waals surface area contributed by atoms with Crippen molar-refractivity contribution in [3.63, 3.8) is 0 Å². The van der Waals surface area contributed by atoms with Crippen LogP contribution in [-0.2, 0) is 11.3 Å². The fourth-order valence-corrected chi connectivity index (χ4v) is 4.62. The smallest absolute Gasteiger partial charge is 0.241 e. The first-order valence-corrected chi connectivity index (χ1v) is 10.8. The Bertz CT molecular complexity index is 852. The average Bonchev–Trinajstić information content (AvgIpc) is 3.16. The number of carbonyl (C=O) groups is 1. The van der Waals surface area contributed by atoms with Crippen molar-refractivity contribution in [2.24, 2.45) is 11.3 Å². The van der Waals surface area contributed by atoms with Gasteiger partial charge in [0.1, 0.15) is 0 Å². The van der Waals surface area contributed by atoms with Crippen molar-refractivity contribution in [1.29, 1.82) is 0 Å². The van der Waals surface area contributed by atoms with E-state index in [0.29, 0.717) is 24.2 Å². The van der Waals surface area contributed by atoms with E-state index in [2.05, 4.69) is 52.8 Å². The van der Waals surface area contributed by atoms with Crippen LogP contribution in [0.4, 0.5) is 0 Å². The summed E-state index contributed by atoms with van der Waals surface area (Å²) in [7, 11) is 0. The quantitative estimate of drug-likeness (QED) is 0.784. The first kappa shape index (κ1) is 20.1. The summed E-state index contributed by atoms with van der Waals surface area (Å²) in [6.45, 7) is 10.9. The number of aryl methyl sites for hydroxylation is 1. The Morgan fingerprint density at radius 1 is 1.24 bits per heavy atom. The van der Waals surface area contributed by atoms with Gasteiger partial charge in [-0.3, -0.25) is 9.69 Å². The Morgan fingerprint density at radius 3 is 2.76 bits per heavy atom. The number of amides is 1. The molecule has 2 fully saturated rings. The average molecular weight is 397 g/mol. The number of rotatable bonds is 4. The fourth-order valence-electron chi connectivity index (χ4n) is 4.62. The molecule has 1 aromatic heterocycles. The lowest BCUT2D eigenvalue weighted by atomic mass is 9.83. The maximum absolute atomic E-state index is 13.0. The van der Waals surface area contributed by atoms with Gasteiger partial charge in [0.05, 0.1) is 6.54 Å². The first-order chi connectivity index (χ1) is 13.9. The van der Waals surface area contributed by atoms with Crippen LogP contribution < -0.4 is 0 Å². The predicted octanol–water partition coefficient (Wildman–Crippen LogP) is 3.91. The molecule has 0 saturated carbocycles. The van der Waals surface area contributed by atoms with E-state index in [4.69, 9.17) is 4.52 Å². The van der Waals surface area contributed by atoms with Gasteiger partial charge in [0.2, 0.25) is 17.6 Å². The second-order valence-corrected chi connectivity index (χ2v) is 9.46. The Morgan fingerprint density at radius 2 is 2.03 bits per heavy atom. The molecule has 1 amide bonds. The normalized spacial score (nSPS) is 20.7. The van der Waals surface area contributed by atoms with E-state index in [-0.39, 0.29) is 11.3 Å². The van der Waals surface area contributed by atoms with Crippen LogP contribution in [0.1, 0.15) is 51.0 Å². The Balaban J connectivity index is 1.30. The highest BCUT2D eigenvalue weighted by Gasteiger charge is 2.34. The lowest BCUT2D eigenvalue weighted by Gasteiger charge is -2.41. The van der Waals surface area contributed by atoms with Crippen molar-refractivity contribution >= 4 is 5.91 Å². The molecule has 0 aliphatic carbocycles. The third-order valence-electron chi connectivity index (χ3n) is 6.25. The molecular weight excluding hydrogens is 364 g/mol. The largest absolute Gasteiger partial charge is 0.342 e. The van der Waals surface area contributed by atoms with Crippen molar-refractivity contribution < 1.29 is 9.32 Å². The Labute approximate surface area is 173 Å². The number of nitrogens with zero attached hydrogens (tertiary/aromatic N) is 4. The van der Waals surface area contributed by atoms with E-state index in [0.717, 1.165) is 51.0 Å². The zero-order valence-corrected chi connectivity index (χ0v) is 17.9. The van der Waals surface area contributed by atoms with Crippen LogP contribution in [0.25, 0.3) is 11.4 Å². The second-order valence-electron chi connectivity index (χ2n) is 9.46. The molecule has 0 radical (unpaired) electrons. The van der Waals surface area contributed by atoms with Gasteiger partial charge >= 0.3 is 0 Å². The molecule has 6 heteroatoms. The Kier molecular flexibility index (Phi) is 5.72. The van der Waals surface area contributed by atoms with Crippen LogP contribution in [0.15, 0.2) is 28.8 Å². The second kappa shape index (κ2) is 8.27. The fraction of sp³-hybridized carbons (Fsp3) is 0.609. The van der Waals surface area contributed by atoms with Gasteiger partial charge in [-0.15, -0.1) is 0 Å². The molecule has 6 nitrogen and oxygen atoms in total. The molecule has 2 aliphatic heterocycles. The van der Waals surface area contributed by atoms with Crippen molar-refractivity contribution in [2.45, 2.75) is 53.0 Å². The van der Waals surface area contributed by atoms with E-state index in [1.54, 1.807) is 0 Å². The molecule has 0 atom stereocenters.